The van der Waals surface area contributed by atoms with Crippen LogP contribution >= 0.6 is 11.6 Å². The Labute approximate surface area is 125 Å². The Kier molecular flexibility index (Phi) is 5.66. The summed E-state index contributed by atoms with van der Waals surface area (Å²) in [4.78, 5) is 12.2. The zero-order valence-corrected chi connectivity index (χ0v) is 12.7. The van der Waals surface area contributed by atoms with Crippen molar-refractivity contribution in [3.8, 4) is 0 Å². The van der Waals surface area contributed by atoms with Crippen molar-refractivity contribution in [3.05, 3.63) is 46.7 Å². The van der Waals surface area contributed by atoms with Crippen molar-refractivity contribution in [3.63, 3.8) is 0 Å². The van der Waals surface area contributed by atoms with Crippen LogP contribution in [-0.2, 0) is 4.74 Å². The smallest absolute Gasteiger partial charge is 0.162 e. The molecule has 0 N–H and O–H groups in total. The van der Waals surface area contributed by atoms with Crippen LogP contribution in [0.5, 0.6) is 0 Å². The quantitative estimate of drug-likeness (QED) is 0.562. The first kappa shape index (κ1) is 15.1. The fourth-order valence-electron chi connectivity index (χ4n) is 2.83. The molecule has 0 aromatic heterocycles. The average Bonchev–Trinajstić information content (AvgIpc) is 2.47. The largest absolute Gasteiger partial charge is 0.504 e. The fraction of sp³-hybridized carbons (Fsp3) is 0.471. The van der Waals surface area contributed by atoms with E-state index in [1.807, 2.05) is 6.26 Å². The molecule has 20 heavy (non-hydrogen) atoms. The van der Waals surface area contributed by atoms with Crippen LogP contribution in [0.1, 0.15) is 48.9 Å². The van der Waals surface area contributed by atoms with Gasteiger partial charge in [0.05, 0.1) is 13.4 Å². The average molecular weight is 293 g/mol. The zero-order valence-electron chi connectivity index (χ0n) is 11.9. The standard InChI is InChI=1S/C17H21ClO2/c1-20-12-15-5-3-2-4-13(15)8-11-17(19)14-6-9-16(18)10-7-14/h6-7,9-10,12-13H,2-5,8,11H2,1H3/b15-12-/t13-/m1/s1. The molecule has 1 atom stereocenters. The molecule has 1 aliphatic rings. The number of rotatable bonds is 5. The van der Waals surface area contributed by atoms with Crippen LogP contribution in [-0.4, -0.2) is 12.9 Å². The van der Waals surface area contributed by atoms with Crippen molar-refractivity contribution in [2.45, 2.75) is 38.5 Å². The number of Topliss-reactive ketones (excluding diaryl/α,β-unsaturated/α-hetero) is 1. The summed E-state index contributed by atoms with van der Waals surface area (Å²) in [6.07, 6.45) is 8.13. The van der Waals surface area contributed by atoms with Gasteiger partial charge in [-0.1, -0.05) is 18.0 Å². The number of methoxy groups -OCH3 is 1. The number of halogens is 1. The van der Waals surface area contributed by atoms with Crippen molar-refractivity contribution in [2.75, 3.05) is 7.11 Å². The lowest BCUT2D eigenvalue weighted by Gasteiger charge is -2.24. The Morgan fingerprint density at radius 1 is 1.35 bits per heavy atom. The molecule has 0 amide bonds. The van der Waals surface area contributed by atoms with Crippen molar-refractivity contribution >= 4 is 17.4 Å². The topological polar surface area (TPSA) is 26.3 Å². The van der Waals surface area contributed by atoms with E-state index in [2.05, 4.69) is 0 Å². The van der Waals surface area contributed by atoms with Crippen molar-refractivity contribution < 1.29 is 9.53 Å². The minimum absolute atomic E-state index is 0.198. The maximum absolute atomic E-state index is 12.2. The molecule has 3 heteroatoms. The Bertz CT molecular complexity index is 476. The molecule has 0 unspecified atom stereocenters. The number of hydrogen-bond acceptors (Lipinski definition) is 2. The molecule has 1 fully saturated rings. The SMILES string of the molecule is CO/C=C1/CCCC[C@@H]1CCC(=O)c1ccc(Cl)cc1. The molecular weight excluding hydrogens is 272 g/mol. The second kappa shape index (κ2) is 7.49. The zero-order chi connectivity index (χ0) is 14.4. The minimum atomic E-state index is 0.198. The van der Waals surface area contributed by atoms with Gasteiger partial charge in [0, 0.05) is 17.0 Å². The van der Waals surface area contributed by atoms with E-state index in [4.69, 9.17) is 16.3 Å². The number of hydrogen-bond donors (Lipinski definition) is 0. The number of allylic oxidation sites excluding steroid dienone is 1. The molecule has 2 nitrogen and oxygen atoms in total. The van der Waals surface area contributed by atoms with Crippen LogP contribution in [0.3, 0.4) is 0 Å². The first-order chi connectivity index (χ1) is 9.70. The van der Waals surface area contributed by atoms with Crippen LogP contribution in [0.4, 0.5) is 0 Å². The van der Waals surface area contributed by atoms with Gasteiger partial charge in [-0.3, -0.25) is 4.79 Å². The van der Waals surface area contributed by atoms with E-state index in [0.717, 1.165) is 18.4 Å². The predicted molar refractivity (Wildman–Crippen MR) is 82.1 cm³/mol. The van der Waals surface area contributed by atoms with E-state index in [1.54, 1.807) is 31.4 Å². The summed E-state index contributed by atoms with van der Waals surface area (Å²) in [5.41, 5.74) is 2.12. The lowest BCUT2D eigenvalue weighted by Crippen LogP contribution is -2.12. The molecule has 1 aliphatic carbocycles. The van der Waals surface area contributed by atoms with Gasteiger partial charge in [0.25, 0.3) is 0 Å². The highest BCUT2D eigenvalue weighted by Gasteiger charge is 2.20. The molecule has 0 radical (unpaired) electrons. The summed E-state index contributed by atoms with van der Waals surface area (Å²) in [5.74, 6) is 0.698. The first-order valence-electron chi connectivity index (χ1n) is 7.21. The number of ketones is 1. The van der Waals surface area contributed by atoms with E-state index in [-0.39, 0.29) is 5.78 Å². The Morgan fingerprint density at radius 2 is 2.10 bits per heavy atom. The summed E-state index contributed by atoms with van der Waals surface area (Å²) in [6, 6.07) is 7.15. The summed E-state index contributed by atoms with van der Waals surface area (Å²) in [6.45, 7) is 0. The highest BCUT2D eigenvalue weighted by molar-refractivity contribution is 6.30. The Morgan fingerprint density at radius 3 is 2.80 bits per heavy atom. The Balaban J connectivity index is 1.92. The van der Waals surface area contributed by atoms with E-state index in [1.165, 1.54) is 24.8 Å². The molecule has 2 rings (SSSR count). The second-order valence-electron chi connectivity index (χ2n) is 5.34. The molecule has 108 valence electrons. The van der Waals surface area contributed by atoms with Crippen molar-refractivity contribution in [1.29, 1.82) is 0 Å². The van der Waals surface area contributed by atoms with Crippen molar-refractivity contribution in [1.82, 2.24) is 0 Å². The number of carbonyl (C=O) groups is 1. The summed E-state index contributed by atoms with van der Waals surface area (Å²) in [7, 11) is 1.69. The van der Waals surface area contributed by atoms with Gasteiger partial charge < -0.3 is 4.74 Å². The summed E-state index contributed by atoms with van der Waals surface area (Å²) < 4.78 is 5.15. The van der Waals surface area contributed by atoms with Crippen molar-refractivity contribution in [2.24, 2.45) is 5.92 Å². The first-order valence-corrected chi connectivity index (χ1v) is 7.59. The van der Waals surface area contributed by atoms with Gasteiger partial charge in [0.1, 0.15) is 0 Å². The third-order valence-electron chi connectivity index (χ3n) is 3.95. The van der Waals surface area contributed by atoms with Crippen LogP contribution in [0.2, 0.25) is 5.02 Å². The molecule has 0 heterocycles. The third-order valence-corrected chi connectivity index (χ3v) is 4.20. The van der Waals surface area contributed by atoms with Gasteiger partial charge in [0.15, 0.2) is 5.78 Å². The van der Waals surface area contributed by atoms with Crippen LogP contribution in [0, 0.1) is 5.92 Å². The maximum Gasteiger partial charge on any atom is 0.162 e. The highest BCUT2D eigenvalue weighted by atomic mass is 35.5. The van der Waals surface area contributed by atoms with Crippen LogP contribution in [0.25, 0.3) is 0 Å². The van der Waals surface area contributed by atoms with Crippen LogP contribution in [0.15, 0.2) is 36.1 Å². The van der Waals surface area contributed by atoms with Gasteiger partial charge >= 0.3 is 0 Å². The predicted octanol–water partition coefficient (Wildman–Crippen LogP) is 5.02. The molecule has 0 bridgehead atoms. The molecule has 1 aromatic carbocycles. The second-order valence-corrected chi connectivity index (χ2v) is 5.78. The lowest BCUT2D eigenvalue weighted by molar-refractivity contribution is 0.0973. The fourth-order valence-corrected chi connectivity index (χ4v) is 2.96. The minimum Gasteiger partial charge on any atom is -0.504 e. The highest BCUT2D eigenvalue weighted by Crippen LogP contribution is 2.33. The van der Waals surface area contributed by atoms with E-state index >= 15 is 0 Å². The summed E-state index contributed by atoms with van der Waals surface area (Å²) >= 11 is 5.84. The van der Waals surface area contributed by atoms with Crippen LogP contribution < -0.4 is 0 Å². The molecule has 1 aromatic rings. The molecular formula is C17H21ClO2. The number of ether oxygens (including phenoxy) is 1. The Hall–Kier alpha value is -1.28. The monoisotopic (exact) mass is 292 g/mol. The van der Waals surface area contributed by atoms with Gasteiger partial charge in [-0.25, -0.2) is 0 Å². The van der Waals surface area contributed by atoms with Gasteiger partial charge in [0.2, 0.25) is 0 Å². The maximum atomic E-state index is 12.2. The van der Waals surface area contributed by atoms with E-state index < -0.39 is 0 Å². The molecule has 1 saturated carbocycles. The molecule has 0 spiro atoms. The van der Waals surface area contributed by atoms with Gasteiger partial charge in [-0.2, -0.15) is 0 Å². The number of benzene rings is 1. The van der Waals surface area contributed by atoms with Gasteiger partial charge in [-0.05, 0) is 61.4 Å². The lowest BCUT2D eigenvalue weighted by atomic mass is 9.81. The molecule has 0 saturated heterocycles. The van der Waals surface area contributed by atoms with E-state index in [0.29, 0.717) is 17.4 Å². The van der Waals surface area contributed by atoms with Gasteiger partial charge in [-0.15, -0.1) is 0 Å². The molecule has 0 aliphatic heterocycles. The summed E-state index contributed by atoms with van der Waals surface area (Å²) in [5, 5.41) is 0.666. The normalized spacial score (nSPS) is 20.9. The number of carbonyl (C=O) groups excluding carboxylic acids is 1. The third kappa shape index (κ3) is 4.11. The van der Waals surface area contributed by atoms with E-state index in [9.17, 15) is 4.79 Å².